The summed E-state index contributed by atoms with van der Waals surface area (Å²) >= 11 is 0.655. The number of aromatic nitrogens is 1. The average Bonchev–Trinajstić information content (AvgIpc) is 1.72. The molecule has 0 radical (unpaired) electrons. The number of hydrogen-bond acceptors (Lipinski definition) is 23. The van der Waals surface area contributed by atoms with E-state index in [0.29, 0.717) is 44.9 Å². The Morgan fingerprint density at radius 1 is 0.445 bits per heavy atom. The molecular weight excluding hydrogens is 1910 g/mol. The number of H-pyrrole nitrogens is 1. The van der Waals surface area contributed by atoms with Crippen LogP contribution in [0.4, 0.5) is 0 Å². The van der Waals surface area contributed by atoms with Gasteiger partial charge in [0.2, 0.25) is 94.5 Å². The van der Waals surface area contributed by atoms with Crippen molar-refractivity contribution >= 4 is 141 Å². The molecule has 8 rings (SSSR count). The van der Waals surface area contributed by atoms with Gasteiger partial charge in [-0.25, -0.2) is 0 Å². The lowest BCUT2D eigenvalue weighted by atomic mass is 9.98. The number of nitrogens with two attached hydrogens (primary N) is 3. The number of nitrogens with zero attached hydrogens (tertiary/aromatic N) is 2. The summed E-state index contributed by atoms with van der Waals surface area (Å²) < 4.78 is 0. The number of carbonyl (C=O) groups is 18. The zero-order valence-electron chi connectivity index (χ0n) is 82.0. The number of phenols is 1. The smallest absolute Gasteiger partial charge is 0.305 e. The third kappa shape index (κ3) is 37.1. The maximum Gasteiger partial charge on any atom is 0.305 e. The van der Waals surface area contributed by atoms with Gasteiger partial charge < -0.3 is 132 Å². The highest BCUT2D eigenvalue weighted by Gasteiger charge is 2.42. The van der Waals surface area contributed by atoms with Gasteiger partial charge in [0.25, 0.3) is 0 Å². The van der Waals surface area contributed by atoms with Crippen molar-refractivity contribution in [2.75, 3.05) is 51.8 Å². The summed E-state index contributed by atoms with van der Waals surface area (Å²) in [5, 5.41) is 96.5. The van der Waals surface area contributed by atoms with E-state index in [-0.39, 0.29) is 75.8 Å². The van der Waals surface area contributed by atoms with Crippen molar-refractivity contribution < 1.29 is 107 Å². The molecule has 45 nitrogen and oxygen atoms in total. The molecule has 1 aliphatic rings. The number of aliphatic hydroxyl groups is 1. The minimum Gasteiger partial charge on any atom is -0.508 e. The van der Waals surface area contributed by atoms with Crippen molar-refractivity contribution in [3.05, 3.63) is 198 Å². The van der Waals surface area contributed by atoms with E-state index in [1.165, 1.54) is 45.3 Å². The van der Waals surface area contributed by atoms with Crippen LogP contribution in [0.5, 0.6) is 5.75 Å². The van der Waals surface area contributed by atoms with Crippen molar-refractivity contribution in [1.82, 2.24) is 94.5 Å². The maximum atomic E-state index is 15.6. The second-order valence-corrected chi connectivity index (χ2v) is 37.2. The number of aliphatic carboxylic acids is 2. The number of amides is 16. The molecule has 14 atom stereocenters. The Hall–Kier alpha value is -16.0. The van der Waals surface area contributed by atoms with E-state index in [4.69, 9.17) is 28.0 Å². The number of hydrogen-bond donors (Lipinski definition) is 25. The first-order valence-corrected chi connectivity index (χ1v) is 48.7. The van der Waals surface area contributed by atoms with E-state index in [1.54, 1.807) is 143 Å². The number of guanidine groups is 2. The molecule has 1 aliphatic heterocycles. The normalized spacial score (nSPS) is 22.1. The summed E-state index contributed by atoms with van der Waals surface area (Å²) in [6.45, 7) is 5.64. The van der Waals surface area contributed by atoms with Crippen LogP contribution >= 0.6 is 11.8 Å². The minimum absolute atomic E-state index is 0.00939. The van der Waals surface area contributed by atoms with Gasteiger partial charge in [0.15, 0.2) is 11.9 Å². The van der Waals surface area contributed by atoms with E-state index in [1.807, 2.05) is 30.3 Å². The van der Waals surface area contributed by atoms with Crippen LogP contribution in [0.2, 0.25) is 0 Å². The topological polar surface area (TPSA) is 717 Å². The summed E-state index contributed by atoms with van der Waals surface area (Å²) in [5.74, 6) is -24.0. The largest absolute Gasteiger partial charge is 0.508 e. The molecule has 6 aromatic carbocycles. The highest BCUT2D eigenvalue weighted by Crippen LogP contribution is 2.25. The van der Waals surface area contributed by atoms with E-state index in [0.717, 1.165) is 20.9 Å². The van der Waals surface area contributed by atoms with Crippen molar-refractivity contribution in [3.8, 4) is 16.9 Å². The SMILES string of the molecule is CC(C)C[C@@H]1NC(=O)C(CCCNC(=N)N)NC(=O)[C@H](Cc2ccccc2)N(C)C(=O)[C@H](C)N(C)C(=O)[C@H](CCCNC(=N)N)NC(=O)[C@H](Cc2ccc(-c3ccccc3)cc2)NC(=O)[C@H](C(C)C)NC(=O)[C@H](Cc2c[nH]c3ccccc23)NC(=O)[C@H](CC(=O)O)NC(=O)[C@H](Cc2ccc(O)cc2)NC(=O)[C@H](Cc2ccccc2)NC(=O)CSC[C@@H](C(=O)NCC(N)=O)NC(=O)[C@H](CO)NC(=O)[C@H](CCC(=O)O)NC1=O. The molecule has 28 N–H and O–H groups in total. The molecule has 1 aromatic heterocycles. The number of aliphatic hydroxyl groups excluding tert-OH is 1. The number of carbonyl (C=O) groups excluding carboxylic acids is 16. The molecule has 1 saturated heterocycles. The second kappa shape index (κ2) is 57.3. The minimum atomic E-state index is -2.10. The summed E-state index contributed by atoms with van der Waals surface area (Å²) in [4.78, 5) is 268. The molecule has 1 fully saturated rings. The Balaban J connectivity index is 1.24. The van der Waals surface area contributed by atoms with Gasteiger partial charge in [-0.15, -0.1) is 11.8 Å². The lowest BCUT2D eigenvalue weighted by Gasteiger charge is -2.35. The second-order valence-electron chi connectivity index (χ2n) is 36.1. The molecular formula is C100H131N23O22S. The van der Waals surface area contributed by atoms with Crippen LogP contribution in [0.1, 0.15) is 114 Å². The van der Waals surface area contributed by atoms with E-state index in [9.17, 15) is 58.8 Å². The van der Waals surface area contributed by atoms with Crippen molar-refractivity contribution in [3.63, 3.8) is 0 Å². The highest BCUT2D eigenvalue weighted by atomic mass is 32.2. The van der Waals surface area contributed by atoms with Crippen LogP contribution < -0.4 is 97.0 Å². The summed E-state index contributed by atoms with van der Waals surface area (Å²) in [6, 6.07) is 20.7. The van der Waals surface area contributed by atoms with E-state index >= 15 is 47.9 Å². The van der Waals surface area contributed by atoms with Gasteiger partial charge >= 0.3 is 11.9 Å². The predicted octanol–water partition coefficient (Wildman–Crippen LogP) is -1.55. The first kappa shape index (κ1) is 115. The lowest BCUT2D eigenvalue weighted by Crippen LogP contribution is -2.62. The molecule has 7 aromatic rings. The number of aromatic hydroxyl groups is 1. The standard InChI is InChI=1S/C100H131N23O22S/c1-55(2)43-71-88(135)111-69(39-40-82(128)129)87(134)119-77(52-124)94(141)120-78(85(132)109-51-80(101)126)53-146-54-81(127)110-72(44-58-21-11-8-12-22-58)89(136)115-73(46-61-33-37-65(125)38-34-61)91(138)117-76(49-83(130)131)92(139)116-75(48-64-50-108-67-28-18-17-27-66(64)67)93(140)121-84(56(3)4)96(143)118-74(45-60-31-35-63(36-32-60)62-25-15-10-16-26-62)90(137)113-70(30-20-42-107-100(104)105)98(145)122(6)57(5)97(144)123(7)79(47-59-23-13-9-14-24-59)95(142)112-68(86(133)114-71)29-19-41-106-99(102)103/h8-18,21-28,31-38,50,55-57,68-79,84,108,124-125H,19-20,29-30,39-49,51-54H2,1-7H3,(H2,101,126)(H,109,132)(H,110,127)(H,111,135)(H,112,142)(H,113,137)(H,114,133)(H,115,136)(H,116,139)(H,117,138)(H,118,143)(H,119,134)(H,120,141)(H,121,140)(H,128,129)(H,130,131)(H4,102,103,106)(H4,104,105,107)/t57-,68?,69-,70-,71-,72-,73-,74-,75-,76-,77-,78-,79-,84-/m0/s1. The van der Waals surface area contributed by atoms with Crippen LogP contribution in [0.15, 0.2) is 170 Å². The quantitative estimate of drug-likeness (QED) is 0.0133. The van der Waals surface area contributed by atoms with Crippen molar-refractivity contribution in [2.45, 2.75) is 203 Å². The number of benzene rings is 6. The maximum absolute atomic E-state index is 15.6. The number of thioether (sulfide) groups is 1. The Labute approximate surface area is 847 Å². The Morgan fingerprint density at radius 2 is 0.877 bits per heavy atom. The van der Waals surface area contributed by atoms with Gasteiger partial charge in [0, 0.05) is 88.6 Å². The fourth-order valence-corrected chi connectivity index (χ4v) is 16.8. The third-order valence-electron chi connectivity index (χ3n) is 24.0. The van der Waals surface area contributed by atoms with Crippen molar-refractivity contribution in [1.29, 1.82) is 10.8 Å². The van der Waals surface area contributed by atoms with Gasteiger partial charge in [-0.1, -0.05) is 173 Å². The number of para-hydroxylation sites is 1. The number of aromatic amines is 1. The fraction of sp³-hybridized carbons (Fsp3) is 0.420. The molecule has 0 saturated carbocycles. The monoisotopic (exact) mass is 2040 g/mol. The molecule has 2 heterocycles. The number of fused-ring (bicyclic) bond motifs is 1. The number of rotatable bonds is 31. The van der Waals surface area contributed by atoms with Crippen molar-refractivity contribution in [2.24, 2.45) is 29.0 Å². The Kier molecular flexibility index (Phi) is 45.2. The van der Waals surface area contributed by atoms with Gasteiger partial charge in [0.05, 0.1) is 25.3 Å². The Bertz CT molecular complexity index is 5730. The lowest BCUT2D eigenvalue weighted by molar-refractivity contribution is -0.148. The van der Waals surface area contributed by atoms with Gasteiger partial charge in [0.1, 0.15) is 90.3 Å². The van der Waals surface area contributed by atoms with Gasteiger partial charge in [-0.05, 0) is 114 Å². The first-order valence-electron chi connectivity index (χ1n) is 47.5. The summed E-state index contributed by atoms with van der Waals surface area (Å²) in [5.41, 5.74) is 20.9. The third-order valence-corrected chi connectivity index (χ3v) is 25.0. The number of phenolic OH excluding ortho intramolecular Hbond substituents is 1. The van der Waals surface area contributed by atoms with Gasteiger partial charge in [-0.2, -0.15) is 0 Å². The van der Waals surface area contributed by atoms with Gasteiger partial charge in [-0.3, -0.25) is 97.1 Å². The molecule has 0 aliphatic carbocycles. The summed E-state index contributed by atoms with van der Waals surface area (Å²) in [6.07, 6.45) is -3.57. The van der Waals surface area contributed by atoms with E-state index in [2.05, 4.69) is 84.7 Å². The van der Waals surface area contributed by atoms with Crippen LogP contribution in [0.3, 0.4) is 0 Å². The molecule has 16 amide bonds. The first-order chi connectivity index (χ1) is 69.4. The van der Waals surface area contributed by atoms with Crippen LogP contribution in [0, 0.1) is 22.7 Å². The van der Waals surface area contributed by atoms with Crippen LogP contribution in [0.25, 0.3) is 22.0 Å². The average molecular weight is 2040 g/mol. The predicted molar refractivity (Wildman–Crippen MR) is 540 cm³/mol. The zero-order chi connectivity index (χ0) is 107. The molecule has 46 heteroatoms. The van der Waals surface area contributed by atoms with E-state index < -0.39 is 272 Å². The number of carboxylic acids is 2. The highest BCUT2D eigenvalue weighted by molar-refractivity contribution is 8.00. The zero-order valence-corrected chi connectivity index (χ0v) is 82.8. The Morgan fingerprint density at radius 3 is 1.42 bits per heavy atom. The van der Waals surface area contributed by atoms with Crippen LogP contribution in [-0.4, -0.2) is 290 Å². The molecule has 0 bridgehead atoms. The molecule has 1 unspecified atom stereocenters. The number of carboxylic acid groups (broad SMARTS) is 2. The molecule has 784 valence electrons. The van der Waals surface area contributed by atoms with Crippen LogP contribution in [-0.2, 0) is 118 Å². The number of nitrogens with one attached hydrogen (secondary N) is 18. The molecule has 0 spiro atoms. The number of likely N-dealkylation sites (N-methyl/N-ethyl adjacent to an activating group) is 2. The summed E-state index contributed by atoms with van der Waals surface area (Å²) in [7, 11) is 2.52. The fourth-order valence-electron chi connectivity index (χ4n) is 16.0. The molecule has 146 heavy (non-hydrogen) atoms. The number of primary amides is 1.